The Bertz CT molecular complexity index is 1150. The molecule has 2 aromatic heterocycles. The van der Waals surface area contributed by atoms with Crippen LogP contribution in [0.3, 0.4) is 0 Å². The Labute approximate surface area is 203 Å². The van der Waals surface area contributed by atoms with Gasteiger partial charge in [0.25, 0.3) is 11.8 Å². The quantitative estimate of drug-likeness (QED) is 0.483. The van der Waals surface area contributed by atoms with Crippen molar-refractivity contribution in [1.82, 2.24) is 10.6 Å². The number of hydrogen-bond acceptors (Lipinski definition) is 6. The Morgan fingerprint density at radius 3 is 2.43 bits per heavy atom. The first kappa shape index (κ1) is 24.1. The van der Waals surface area contributed by atoms with Gasteiger partial charge in [0.1, 0.15) is 17.3 Å². The van der Waals surface area contributed by atoms with Crippen LogP contribution in [0.25, 0.3) is 0 Å². The summed E-state index contributed by atoms with van der Waals surface area (Å²) in [6, 6.07) is 12.3. The molecule has 0 unspecified atom stereocenters. The molecule has 0 spiro atoms. The average molecular weight is 480 g/mol. The normalized spacial score (nSPS) is 14.3. The second kappa shape index (κ2) is 10.9. The molecule has 0 aliphatic heterocycles. The van der Waals surface area contributed by atoms with Gasteiger partial charge in [-0.25, -0.2) is 0 Å². The second-order valence-corrected chi connectivity index (χ2v) is 8.46. The molecule has 1 aromatic carbocycles. The summed E-state index contributed by atoms with van der Waals surface area (Å²) >= 11 is 0. The summed E-state index contributed by atoms with van der Waals surface area (Å²) in [7, 11) is 1.55. The van der Waals surface area contributed by atoms with E-state index in [1.165, 1.54) is 17.2 Å². The third-order valence-electron chi connectivity index (χ3n) is 6.00. The maximum atomic E-state index is 13.6. The standard InChI is InChI=1S/C26H29N3O6/c1-17-9-14-21(35-17)24(26(32)28-18-6-3-4-7-18)29(19-10-12-20(33-2)13-11-19)23(30)16-27-25(31)22-8-5-15-34-22/h5,8-15,18,24H,3-4,6-7,16H2,1-2H3,(H,27,31)(H,28,32)/t24-/m1/s1. The van der Waals surface area contributed by atoms with E-state index in [1.54, 1.807) is 56.5 Å². The third kappa shape index (κ3) is 5.74. The van der Waals surface area contributed by atoms with Crippen molar-refractivity contribution >= 4 is 23.4 Å². The van der Waals surface area contributed by atoms with E-state index in [0.717, 1.165) is 25.7 Å². The molecule has 9 heteroatoms. The zero-order valence-corrected chi connectivity index (χ0v) is 19.8. The smallest absolute Gasteiger partial charge is 0.287 e. The van der Waals surface area contributed by atoms with Crippen molar-refractivity contribution in [2.75, 3.05) is 18.6 Å². The van der Waals surface area contributed by atoms with Crippen molar-refractivity contribution in [1.29, 1.82) is 0 Å². The Balaban J connectivity index is 1.66. The van der Waals surface area contributed by atoms with Gasteiger partial charge < -0.3 is 24.2 Å². The number of ether oxygens (including phenoxy) is 1. The summed E-state index contributed by atoms with van der Waals surface area (Å²) in [5.41, 5.74) is 0.462. The summed E-state index contributed by atoms with van der Waals surface area (Å²) in [6.07, 6.45) is 5.27. The van der Waals surface area contributed by atoms with E-state index >= 15 is 0 Å². The van der Waals surface area contributed by atoms with Crippen LogP contribution < -0.4 is 20.3 Å². The summed E-state index contributed by atoms with van der Waals surface area (Å²) in [5, 5.41) is 5.65. The predicted octanol–water partition coefficient (Wildman–Crippen LogP) is 3.75. The lowest BCUT2D eigenvalue weighted by Gasteiger charge is -2.31. The maximum absolute atomic E-state index is 13.6. The van der Waals surface area contributed by atoms with E-state index in [0.29, 0.717) is 23.0 Å². The fraction of sp³-hybridized carbons (Fsp3) is 0.346. The molecule has 35 heavy (non-hydrogen) atoms. The highest BCUT2D eigenvalue weighted by atomic mass is 16.5. The molecular formula is C26H29N3O6. The van der Waals surface area contributed by atoms with Crippen molar-refractivity contribution in [3.05, 3.63) is 72.1 Å². The lowest BCUT2D eigenvalue weighted by molar-refractivity contribution is -0.127. The fourth-order valence-corrected chi connectivity index (χ4v) is 4.24. The Hall–Kier alpha value is -4.01. The van der Waals surface area contributed by atoms with Gasteiger partial charge in [-0.1, -0.05) is 12.8 Å². The highest BCUT2D eigenvalue weighted by molar-refractivity contribution is 6.04. The molecule has 3 aromatic rings. The first-order chi connectivity index (χ1) is 17.0. The zero-order chi connectivity index (χ0) is 24.8. The van der Waals surface area contributed by atoms with E-state index in [4.69, 9.17) is 13.6 Å². The minimum atomic E-state index is -1.06. The SMILES string of the molecule is COc1ccc(N(C(=O)CNC(=O)c2ccco2)[C@@H](C(=O)NC2CCCC2)c2ccc(C)o2)cc1. The first-order valence-electron chi connectivity index (χ1n) is 11.6. The molecule has 1 atom stereocenters. The number of nitrogens with zero attached hydrogens (tertiary/aromatic N) is 1. The number of amides is 3. The molecule has 0 saturated heterocycles. The van der Waals surface area contributed by atoms with E-state index in [2.05, 4.69) is 10.6 Å². The fourth-order valence-electron chi connectivity index (χ4n) is 4.24. The van der Waals surface area contributed by atoms with Gasteiger partial charge in [-0.2, -0.15) is 0 Å². The number of hydrogen-bond donors (Lipinski definition) is 2. The molecule has 1 fully saturated rings. The lowest BCUT2D eigenvalue weighted by Crippen LogP contribution is -2.49. The van der Waals surface area contributed by atoms with Crippen LogP contribution in [0.2, 0.25) is 0 Å². The van der Waals surface area contributed by atoms with Gasteiger partial charge >= 0.3 is 0 Å². The number of aryl methyl sites for hydroxylation is 1. The molecule has 1 saturated carbocycles. The van der Waals surface area contributed by atoms with E-state index in [1.807, 2.05) is 0 Å². The number of carbonyl (C=O) groups is 3. The minimum Gasteiger partial charge on any atom is -0.497 e. The molecule has 9 nitrogen and oxygen atoms in total. The van der Waals surface area contributed by atoms with Crippen LogP contribution in [0, 0.1) is 6.92 Å². The molecule has 0 radical (unpaired) electrons. The summed E-state index contributed by atoms with van der Waals surface area (Å²) < 4.78 is 16.2. The van der Waals surface area contributed by atoms with Gasteiger partial charge in [0.05, 0.1) is 19.9 Å². The van der Waals surface area contributed by atoms with Crippen molar-refractivity contribution < 1.29 is 28.0 Å². The highest BCUT2D eigenvalue weighted by Gasteiger charge is 2.36. The molecule has 3 amide bonds. The number of furan rings is 2. The summed E-state index contributed by atoms with van der Waals surface area (Å²) in [4.78, 5) is 40.9. The second-order valence-electron chi connectivity index (χ2n) is 8.46. The van der Waals surface area contributed by atoms with E-state index < -0.39 is 17.9 Å². The van der Waals surface area contributed by atoms with Crippen molar-refractivity contribution in [3.63, 3.8) is 0 Å². The zero-order valence-electron chi connectivity index (χ0n) is 19.8. The monoisotopic (exact) mass is 479 g/mol. The Kier molecular flexibility index (Phi) is 7.54. The number of rotatable bonds is 9. The number of carbonyl (C=O) groups excluding carboxylic acids is 3. The summed E-state index contributed by atoms with van der Waals surface area (Å²) in [5.74, 6) is 0.285. The van der Waals surface area contributed by atoms with Crippen molar-refractivity contribution in [2.45, 2.75) is 44.7 Å². The van der Waals surface area contributed by atoms with Gasteiger partial charge in [0, 0.05) is 11.7 Å². The number of methoxy groups -OCH3 is 1. The van der Waals surface area contributed by atoms with Crippen LogP contribution in [0.15, 0.2) is 63.6 Å². The third-order valence-corrected chi connectivity index (χ3v) is 6.00. The van der Waals surface area contributed by atoms with Crippen LogP contribution >= 0.6 is 0 Å². The molecule has 2 N–H and O–H groups in total. The molecule has 1 aliphatic carbocycles. The van der Waals surface area contributed by atoms with E-state index in [9.17, 15) is 14.4 Å². The van der Waals surface area contributed by atoms with Gasteiger partial charge in [-0.05, 0) is 68.3 Å². The Morgan fingerprint density at radius 2 is 1.83 bits per heavy atom. The highest BCUT2D eigenvalue weighted by Crippen LogP contribution is 2.31. The van der Waals surface area contributed by atoms with Crippen LogP contribution in [0.5, 0.6) is 5.75 Å². The number of benzene rings is 1. The molecule has 1 aliphatic rings. The largest absolute Gasteiger partial charge is 0.497 e. The average Bonchev–Trinajstić information content (AvgIpc) is 3.64. The predicted molar refractivity (Wildman–Crippen MR) is 128 cm³/mol. The van der Waals surface area contributed by atoms with Crippen LogP contribution in [-0.2, 0) is 9.59 Å². The van der Waals surface area contributed by atoms with Crippen molar-refractivity contribution in [3.8, 4) is 5.75 Å². The first-order valence-corrected chi connectivity index (χ1v) is 11.6. The van der Waals surface area contributed by atoms with Crippen molar-refractivity contribution in [2.24, 2.45) is 0 Å². The van der Waals surface area contributed by atoms with E-state index in [-0.39, 0.29) is 24.3 Å². The number of nitrogens with one attached hydrogen (secondary N) is 2. The molecule has 4 rings (SSSR count). The van der Waals surface area contributed by atoms with Gasteiger partial charge in [-0.15, -0.1) is 0 Å². The molecule has 2 heterocycles. The van der Waals surface area contributed by atoms with Gasteiger partial charge in [0.2, 0.25) is 5.91 Å². The van der Waals surface area contributed by atoms with Crippen LogP contribution in [0.4, 0.5) is 5.69 Å². The van der Waals surface area contributed by atoms with Gasteiger partial charge in [0.15, 0.2) is 11.8 Å². The molecular weight excluding hydrogens is 450 g/mol. The van der Waals surface area contributed by atoms with Crippen LogP contribution in [0.1, 0.15) is 53.8 Å². The Morgan fingerprint density at radius 1 is 1.09 bits per heavy atom. The van der Waals surface area contributed by atoms with Gasteiger partial charge in [-0.3, -0.25) is 19.3 Å². The maximum Gasteiger partial charge on any atom is 0.287 e. The van der Waals surface area contributed by atoms with Crippen LogP contribution in [-0.4, -0.2) is 37.4 Å². The summed E-state index contributed by atoms with van der Waals surface area (Å²) in [6.45, 7) is 1.43. The topological polar surface area (TPSA) is 114 Å². The molecule has 184 valence electrons. The minimum absolute atomic E-state index is 0.0486. The number of anilines is 1. The molecule has 0 bridgehead atoms. The lowest BCUT2D eigenvalue weighted by atomic mass is 10.1.